The molecule has 5 heteroatoms. The maximum atomic E-state index is 12.6. The van der Waals surface area contributed by atoms with Gasteiger partial charge in [0.25, 0.3) is 0 Å². The molecule has 20 heavy (non-hydrogen) atoms. The zero-order valence-electron chi connectivity index (χ0n) is 10.7. The molecule has 2 amide bonds. The summed E-state index contributed by atoms with van der Waals surface area (Å²) in [6.07, 6.45) is 3.25. The van der Waals surface area contributed by atoms with Crippen molar-refractivity contribution >= 4 is 45.0 Å². The first-order valence-corrected chi connectivity index (χ1v) is 8.08. The quantitative estimate of drug-likeness (QED) is 0.722. The van der Waals surface area contributed by atoms with Gasteiger partial charge in [0.2, 0.25) is 11.8 Å². The Morgan fingerprint density at radius 2 is 1.70 bits per heavy atom. The van der Waals surface area contributed by atoms with Crippen LogP contribution in [0.15, 0.2) is 22.7 Å². The third-order valence-electron chi connectivity index (χ3n) is 5.09. The van der Waals surface area contributed by atoms with Gasteiger partial charge in [-0.2, -0.15) is 0 Å². The van der Waals surface area contributed by atoms with Crippen molar-refractivity contribution in [2.24, 2.45) is 23.7 Å². The van der Waals surface area contributed by atoms with Gasteiger partial charge in [-0.1, -0.05) is 11.6 Å². The monoisotopic (exact) mass is 353 g/mol. The number of benzene rings is 1. The second-order valence-electron chi connectivity index (χ2n) is 6.00. The summed E-state index contributed by atoms with van der Waals surface area (Å²) in [4.78, 5) is 26.6. The van der Waals surface area contributed by atoms with Crippen LogP contribution in [0.1, 0.15) is 19.3 Å². The number of anilines is 1. The number of carbonyl (C=O) groups is 2. The van der Waals surface area contributed by atoms with E-state index in [4.69, 9.17) is 11.6 Å². The van der Waals surface area contributed by atoms with Gasteiger partial charge in [-0.05, 0) is 65.2 Å². The summed E-state index contributed by atoms with van der Waals surface area (Å²) in [5.41, 5.74) is 0.599. The van der Waals surface area contributed by atoms with Crippen LogP contribution in [0.25, 0.3) is 0 Å². The lowest BCUT2D eigenvalue weighted by Gasteiger charge is -2.19. The first kappa shape index (κ1) is 12.8. The van der Waals surface area contributed by atoms with Crippen LogP contribution >= 0.6 is 27.5 Å². The second-order valence-corrected chi connectivity index (χ2v) is 7.26. The minimum atomic E-state index is -0.0799. The van der Waals surface area contributed by atoms with E-state index in [1.54, 1.807) is 18.2 Å². The highest BCUT2D eigenvalue weighted by atomic mass is 79.9. The number of imide groups is 1. The number of fused-ring (bicyclic) bond motifs is 5. The maximum Gasteiger partial charge on any atom is 0.237 e. The molecule has 2 aliphatic carbocycles. The molecule has 0 spiro atoms. The van der Waals surface area contributed by atoms with E-state index < -0.39 is 0 Å². The van der Waals surface area contributed by atoms with Gasteiger partial charge in [-0.15, -0.1) is 0 Å². The smallest absolute Gasteiger partial charge is 0.237 e. The average Bonchev–Trinajstić information content (AvgIpc) is 3.08. The SMILES string of the molecule is O=C1[C@H]2[C@H]3CC[C@@H](C3)[C@@H]2C(=O)N1c1ccc(Br)c(Cl)c1. The van der Waals surface area contributed by atoms with Crippen LogP contribution < -0.4 is 4.90 Å². The fourth-order valence-electron chi connectivity index (χ4n) is 4.29. The van der Waals surface area contributed by atoms with Crippen molar-refractivity contribution in [3.05, 3.63) is 27.7 Å². The number of halogens is 2. The summed E-state index contributed by atoms with van der Waals surface area (Å²) in [5, 5.41) is 0.517. The van der Waals surface area contributed by atoms with Gasteiger partial charge in [0.1, 0.15) is 0 Å². The molecule has 3 aliphatic rings. The minimum Gasteiger partial charge on any atom is -0.274 e. The maximum absolute atomic E-state index is 12.6. The highest BCUT2D eigenvalue weighted by molar-refractivity contribution is 9.10. The normalized spacial score (nSPS) is 35.0. The topological polar surface area (TPSA) is 37.4 Å². The van der Waals surface area contributed by atoms with Gasteiger partial charge < -0.3 is 0 Å². The van der Waals surface area contributed by atoms with Crippen LogP contribution in [0.2, 0.25) is 5.02 Å². The van der Waals surface area contributed by atoms with E-state index in [1.807, 2.05) is 0 Å². The molecule has 1 heterocycles. The zero-order chi connectivity index (χ0) is 14.0. The number of hydrogen-bond donors (Lipinski definition) is 0. The fraction of sp³-hybridized carbons (Fsp3) is 0.467. The highest BCUT2D eigenvalue weighted by Crippen LogP contribution is 2.56. The molecule has 2 bridgehead atoms. The van der Waals surface area contributed by atoms with Crippen molar-refractivity contribution in [3.8, 4) is 0 Å². The molecule has 1 aromatic rings. The van der Waals surface area contributed by atoms with Crippen LogP contribution in [0.5, 0.6) is 0 Å². The van der Waals surface area contributed by atoms with E-state index >= 15 is 0 Å². The van der Waals surface area contributed by atoms with E-state index in [1.165, 1.54) is 4.90 Å². The molecule has 4 rings (SSSR count). The van der Waals surface area contributed by atoms with E-state index in [9.17, 15) is 9.59 Å². The van der Waals surface area contributed by atoms with Crippen molar-refractivity contribution in [2.45, 2.75) is 19.3 Å². The van der Waals surface area contributed by atoms with Crippen molar-refractivity contribution in [3.63, 3.8) is 0 Å². The van der Waals surface area contributed by atoms with Crippen LogP contribution in [0.3, 0.4) is 0 Å². The molecule has 0 N–H and O–H groups in total. The van der Waals surface area contributed by atoms with Gasteiger partial charge in [-0.25, -0.2) is 4.90 Å². The van der Waals surface area contributed by atoms with Crippen LogP contribution in [0.4, 0.5) is 5.69 Å². The molecule has 4 atom stereocenters. The Labute approximate surface area is 130 Å². The molecule has 2 saturated carbocycles. The number of carbonyl (C=O) groups excluding carboxylic acids is 2. The van der Waals surface area contributed by atoms with Gasteiger partial charge in [0.15, 0.2) is 0 Å². The Bertz CT molecular complexity index is 604. The van der Waals surface area contributed by atoms with Crippen LogP contribution in [-0.2, 0) is 9.59 Å². The molecule has 104 valence electrons. The van der Waals surface area contributed by atoms with Gasteiger partial charge in [-0.3, -0.25) is 9.59 Å². The molecule has 1 aliphatic heterocycles. The Morgan fingerprint density at radius 3 is 2.25 bits per heavy atom. The molecule has 0 aromatic heterocycles. The Balaban J connectivity index is 1.74. The largest absolute Gasteiger partial charge is 0.274 e. The Kier molecular flexibility index (Phi) is 2.77. The predicted octanol–water partition coefficient (Wildman–Crippen LogP) is 3.64. The number of hydrogen-bond acceptors (Lipinski definition) is 2. The Morgan fingerprint density at radius 1 is 1.10 bits per heavy atom. The van der Waals surface area contributed by atoms with E-state index in [-0.39, 0.29) is 23.7 Å². The lowest BCUT2D eigenvalue weighted by Crippen LogP contribution is -2.32. The Hall–Kier alpha value is -0.870. The minimum absolute atomic E-state index is 0.0226. The summed E-state index contributed by atoms with van der Waals surface area (Å²) in [5.74, 6) is 0.623. The molecule has 1 saturated heterocycles. The third kappa shape index (κ3) is 1.58. The lowest BCUT2D eigenvalue weighted by molar-refractivity contribution is -0.123. The summed E-state index contributed by atoms with van der Waals surface area (Å²) in [6, 6.07) is 5.24. The summed E-state index contributed by atoms with van der Waals surface area (Å²) in [7, 11) is 0. The summed E-state index contributed by atoms with van der Waals surface area (Å²) < 4.78 is 0.766. The molecular formula is C15H13BrClNO2. The second kappa shape index (κ2) is 4.31. The van der Waals surface area contributed by atoms with Crippen LogP contribution in [-0.4, -0.2) is 11.8 Å². The van der Waals surface area contributed by atoms with Crippen LogP contribution in [0, 0.1) is 23.7 Å². The first-order chi connectivity index (χ1) is 9.58. The lowest BCUT2D eigenvalue weighted by atomic mass is 9.81. The summed E-state index contributed by atoms with van der Waals surface area (Å²) >= 11 is 9.41. The van der Waals surface area contributed by atoms with E-state index in [0.717, 1.165) is 23.7 Å². The standard InChI is InChI=1S/C15H13BrClNO2/c16-10-4-3-9(6-11(10)17)18-14(19)12-7-1-2-8(5-7)13(12)15(18)20/h3-4,6-8,12-13H,1-2,5H2/t7-,8-,12-,13-/m0/s1. The van der Waals surface area contributed by atoms with Crippen molar-refractivity contribution in [1.29, 1.82) is 0 Å². The molecule has 3 nitrogen and oxygen atoms in total. The molecule has 0 radical (unpaired) electrons. The number of amides is 2. The van der Waals surface area contributed by atoms with E-state index in [0.29, 0.717) is 22.5 Å². The van der Waals surface area contributed by atoms with Gasteiger partial charge in [0, 0.05) is 4.47 Å². The predicted molar refractivity (Wildman–Crippen MR) is 79.5 cm³/mol. The summed E-state index contributed by atoms with van der Waals surface area (Å²) in [6.45, 7) is 0. The van der Waals surface area contributed by atoms with E-state index in [2.05, 4.69) is 15.9 Å². The number of rotatable bonds is 1. The number of nitrogens with zero attached hydrogens (tertiary/aromatic N) is 1. The third-order valence-corrected chi connectivity index (χ3v) is 6.32. The van der Waals surface area contributed by atoms with Crippen molar-refractivity contribution < 1.29 is 9.59 Å². The van der Waals surface area contributed by atoms with Crippen molar-refractivity contribution in [2.75, 3.05) is 4.90 Å². The first-order valence-electron chi connectivity index (χ1n) is 6.91. The fourth-order valence-corrected chi connectivity index (χ4v) is 4.71. The van der Waals surface area contributed by atoms with Crippen molar-refractivity contribution in [1.82, 2.24) is 0 Å². The molecule has 3 fully saturated rings. The molecule has 1 aromatic carbocycles. The highest BCUT2D eigenvalue weighted by Gasteiger charge is 2.61. The van der Waals surface area contributed by atoms with Gasteiger partial charge >= 0.3 is 0 Å². The molecule has 0 unspecified atom stereocenters. The molecular weight excluding hydrogens is 342 g/mol. The zero-order valence-corrected chi connectivity index (χ0v) is 13.0. The van der Waals surface area contributed by atoms with Gasteiger partial charge in [0.05, 0.1) is 22.5 Å². The average molecular weight is 355 g/mol.